The molecule has 4 aromatic carbocycles. The topological polar surface area (TPSA) is 86.8 Å². The van der Waals surface area contributed by atoms with Crippen LogP contribution in [-0.4, -0.2) is 43.8 Å². The lowest BCUT2D eigenvalue weighted by molar-refractivity contribution is -0.140. The summed E-state index contributed by atoms with van der Waals surface area (Å²) >= 11 is 6.37. The first kappa shape index (κ1) is 34.7. The van der Waals surface area contributed by atoms with E-state index in [1.54, 1.807) is 37.3 Å². The highest BCUT2D eigenvalue weighted by atomic mass is 35.5. The molecule has 4 rings (SSSR count). The van der Waals surface area contributed by atoms with Gasteiger partial charge in [0.15, 0.2) is 0 Å². The minimum absolute atomic E-state index is 0.0470. The standard InChI is InChI=1S/C37H42ClN3O4S/c1-6-29(5)39-37(43)35(22-30-10-8-7-9-11-30)40(24-31-17-12-26(2)13-18-31)36(42)25-41(34-23-32(38)19-16-28(34)4)46(44,45)33-20-14-27(3)15-21-33/h7-21,23,29,35H,6,22,24-25H2,1-5H3,(H,39,43). The first-order valence-corrected chi connectivity index (χ1v) is 17.3. The number of halogens is 1. The van der Waals surface area contributed by atoms with Crippen LogP contribution in [0.3, 0.4) is 0 Å². The molecule has 0 aromatic heterocycles. The number of nitrogens with zero attached hydrogens (tertiary/aromatic N) is 2. The van der Waals surface area contributed by atoms with Gasteiger partial charge in [-0.15, -0.1) is 0 Å². The summed E-state index contributed by atoms with van der Waals surface area (Å²) in [6, 6.07) is 27.7. The van der Waals surface area contributed by atoms with Gasteiger partial charge in [-0.3, -0.25) is 13.9 Å². The molecule has 0 aliphatic rings. The van der Waals surface area contributed by atoms with Crippen molar-refractivity contribution in [1.29, 1.82) is 0 Å². The summed E-state index contributed by atoms with van der Waals surface area (Å²) in [4.78, 5) is 30.1. The Bertz CT molecular complexity index is 1740. The van der Waals surface area contributed by atoms with E-state index in [9.17, 15) is 18.0 Å². The maximum Gasteiger partial charge on any atom is 0.264 e. The summed E-state index contributed by atoms with van der Waals surface area (Å²) in [7, 11) is -4.22. The number of benzene rings is 4. The van der Waals surface area contributed by atoms with E-state index in [2.05, 4.69) is 5.32 Å². The second kappa shape index (κ2) is 15.4. The Kier molecular flexibility index (Phi) is 11.7. The predicted molar refractivity (Wildman–Crippen MR) is 185 cm³/mol. The summed E-state index contributed by atoms with van der Waals surface area (Å²) < 4.78 is 29.7. The number of aryl methyl sites for hydroxylation is 3. The smallest absolute Gasteiger partial charge is 0.264 e. The van der Waals surface area contributed by atoms with Gasteiger partial charge >= 0.3 is 0 Å². The molecule has 0 heterocycles. The van der Waals surface area contributed by atoms with Gasteiger partial charge in [-0.25, -0.2) is 8.42 Å². The van der Waals surface area contributed by atoms with Gasteiger partial charge in [0.05, 0.1) is 10.6 Å². The Labute approximate surface area is 278 Å². The van der Waals surface area contributed by atoms with Gasteiger partial charge in [0.25, 0.3) is 10.0 Å². The molecule has 0 aliphatic carbocycles. The highest BCUT2D eigenvalue weighted by Crippen LogP contribution is 2.30. The molecule has 2 atom stereocenters. The normalized spacial score (nSPS) is 12.7. The van der Waals surface area contributed by atoms with E-state index < -0.39 is 28.5 Å². The van der Waals surface area contributed by atoms with Crippen molar-refractivity contribution in [3.05, 3.63) is 130 Å². The molecule has 2 amide bonds. The zero-order valence-electron chi connectivity index (χ0n) is 27.0. The van der Waals surface area contributed by atoms with Crippen molar-refractivity contribution in [3.63, 3.8) is 0 Å². The molecule has 0 aliphatic heterocycles. The summed E-state index contributed by atoms with van der Waals surface area (Å²) in [5.74, 6) is -0.818. The second-order valence-electron chi connectivity index (χ2n) is 11.8. The average molecular weight is 660 g/mol. The molecule has 0 radical (unpaired) electrons. The average Bonchev–Trinajstić information content (AvgIpc) is 3.04. The molecule has 9 heteroatoms. The summed E-state index contributed by atoms with van der Waals surface area (Å²) in [6.45, 7) is 9.10. The first-order chi connectivity index (χ1) is 21.9. The number of hydrogen-bond donors (Lipinski definition) is 1. The second-order valence-corrected chi connectivity index (χ2v) is 14.1. The summed E-state index contributed by atoms with van der Waals surface area (Å²) in [5.41, 5.74) is 4.59. The largest absolute Gasteiger partial charge is 0.352 e. The van der Waals surface area contributed by atoms with Gasteiger partial charge in [-0.05, 0) is 75.1 Å². The monoisotopic (exact) mass is 659 g/mol. The fraction of sp³-hybridized carbons (Fsp3) is 0.297. The number of rotatable bonds is 13. The van der Waals surface area contributed by atoms with E-state index in [4.69, 9.17) is 11.6 Å². The van der Waals surface area contributed by atoms with Gasteiger partial charge in [-0.1, -0.05) is 102 Å². The van der Waals surface area contributed by atoms with Crippen LogP contribution in [0.15, 0.2) is 102 Å². The zero-order chi connectivity index (χ0) is 33.4. The molecule has 0 spiro atoms. The van der Waals surface area contributed by atoms with E-state index in [0.29, 0.717) is 22.7 Å². The van der Waals surface area contributed by atoms with Crippen molar-refractivity contribution in [1.82, 2.24) is 10.2 Å². The fourth-order valence-electron chi connectivity index (χ4n) is 5.09. The fourth-order valence-corrected chi connectivity index (χ4v) is 6.72. The van der Waals surface area contributed by atoms with E-state index in [0.717, 1.165) is 26.6 Å². The zero-order valence-corrected chi connectivity index (χ0v) is 28.6. The lowest BCUT2D eigenvalue weighted by Gasteiger charge is -2.34. The number of anilines is 1. The molecule has 2 unspecified atom stereocenters. The van der Waals surface area contributed by atoms with Crippen LogP contribution in [0.5, 0.6) is 0 Å². The quantitative estimate of drug-likeness (QED) is 0.167. The molecule has 1 N–H and O–H groups in total. The molecule has 4 aromatic rings. The van der Waals surface area contributed by atoms with Gasteiger partial charge in [0.2, 0.25) is 11.8 Å². The Hall–Kier alpha value is -4.14. The first-order valence-electron chi connectivity index (χ1n) is 15.4. The number of hydrogen-bond acceptors (Lipinski definition) is 4. The summed E-state index contributed by atoms with van der Waals surface area (Å²) in [5, 5.41) is 3.40. The van der Waals surface area contributed by atoms with Gasteiger partial charge in [0, 0.05) is 24.0 Å². The van der Waals surface area contributed by atoms with Crippen molar-refractivity contribution >= 4 is 39.1 Å². The third-order valence-electron chi connectivity index (χ3n) is 8.07. The van der Waals surface area contributed by atoms with Crippen molar-refractivity contribution in [2.45, 2.75) is 71.0 Å². The minimum atomic E-state index is -4.22. The van der Waals surface area contributed by atoms with Gasteiger partial charge in [-0.2, -0.15) is 0 Å². The van der Waals surface area contributed by atoms with Crippen LogP contribution in [0.25, 0.3) is 0 Å². The molecule has 0 saturated carbocycles. The third-order valence-corrected chi connectivity index (χ3v) is 10.1. The number of carbonyl (C=O) groups is 2. The Morgan fingerprint density at radius 3 is 2.04 bits per heavy atom. The van der Waals surface area contributed by atoms with Gasteiger partial charge < -0.3 is 10.2 Å². The van der Waals surface area contributed by atoms with Crippen molar-refractivity contribution in [3.8, 4) is 0 Å². The maximum atomic E-state index is 14.6. The lowest BCUT2D eigenvalue weighted by Crippen LogP contribution is -2.54. The number of sulfonamides is 1. The Balaban J connectivity index is 1.83. The van der Waals surface area contributed by atoms with Crippen LogP contribution in [0.1, 0.15) is 48.1 Å². The Morgan fingerprint density at radius 1 is 0.826 bits per heavy atom. The van der Waals surface area contributed by atoms with Crippen LogP contribution >= 0.6 is 11.6 Å². The van der Waals surface area contributed by atoms with E-state index in [1.165, 1.54) is 17.0 Å². The molecule has 0 fully saturated rings. The molecule has 242 valence electrons. The maximum absolute atomic E-state index is 14.6. The molecular weight excluding hydrogens is 618 g/mol. The number of nitrogens with one attached hydrogen (secondary N) is 1. The van der Waals surface area contributed by atoms with Crippen molar-refractivity contribution in [2.24, 2.45) is 0 Å². The molecule has 46 heavy (non-hydrogen) atoms. The molecule has 0 bridgehead atoms. The third kappa shape index (κ3) is 8.77. The molecule has 0 saturated heterocycles. The van der Waals surface area contributed by atoms with Crippen LogP contribution < -0.4 is 9.62 Å². The number of carbonyl (C=O) groups excluding carboxylic acids is 2. The van der Waals surface area contributed by atoms with E-state index in [-0.39, 0.29) is 29.8 Å². The molecular formula is C37H42ClN3O4S. The highest BCUT2D eigenvalue weighted by Gasteiger charge is 2.35. The number of amides is 2. The van der Waals surface area contributed by atoms with Crippen LogP contribution in [-0.2, 0) is 32.6 Å². The predicted octanol–water partition coefficient (Wildman–Crippen LogP) is 7.02. The van der Waals surface area contributed by atoms with Crippen molar-refractivity contribution in [2.75, 3.05) is 10.8 Å². The van der Waals surface area contributed by atoms with Crippen LogP contribution in [0.2, 0.25) is 5.02 Å². The molecule has 7 nitrogen and oxygen atoms in total. The lowest BCUT2D eigenvalue weighted by atomic mass is 10.0. The summed E-state index contributed by atoms with van der Waals surface area (Å²) in [6.07, 6.45) is 0.966. The highest BCUT2D eigenvalue weighted by molar-refractivity contribution is 7.92. The Morgan fingerprint density at radius 2 is 1.43 bits per heavy atom. The van der Waals surface area contributed by atoms with E-state index in [1.807, 2.05) is 82.3 Å². The minimum Gasteiger partial charge on any atom is -0.352 e. The van der Waals surface area contributed by atoms with Gasteiger partial charge in [0.1, 0.15) is 12.6 Å². The van der Waals surface area contributed by atoms with Crippen LogP contribution in [0.4, 0.5) is 5.69 Å². The van der Waals surface area contributed by atoms with Crippen LogP contribution in [0, 0.1) is 20.8 Å². The SMILES string of the molecule is CCC(C)NC(=O)C(Cc1ccccc1)N(Cc1ccc(C)cc1)C(=O)CN(c1cc(Cl)ccc1C)S(=O)(=O)c1ccc(C)cc1. The van der Waals surface area contributed by atoms with E-state index >= 15 is 0 Å². The van der Waals surface area contributed by atoms with Crippen molar-refractivity contribution < 1.29 is 18.0 Å².